The van der Waals surface area contributed by atoms with Crippen LogP contribution < -0.4 is 11.1 Å². The van der Waals surface area contributed by atoms with Crippen LogP contribution in [0.4, 0.5) is 4.39 Å². The molecule has 2 nitrogen and oxygen atoms in total. The SMILES string of the molecule is NCc1ccc(CNCCc2ccc(F)cc2)cc1. The van der Waals surface area contributed by atoms with Gasteiger partial charge < -0.3 is 11.1 Å². The maximum Gasteiger partial charge on any atom is 0.123 e. The summed E-state index contributed by atoms with van der Waals surface area (Å²) in [5.74, 6) is -0.184. The van der Waals surface area contributed by atoms with Crippen molar-refractivity contribution in [1.82, 2.24) is 5.32 Å². The first-order valence-corrected chi connectivity index (χ1v) is 6.51. The van der Waals surface area contributed by atoms with Crippen molar-refractivity contribution in [3.63, 3.8) is 0 Å². The summed E-state index contributed by atoms with van der Waals surface area (Å²) in [6.07, 6.45) is 0.904. The fraction of sp³-hybridized carbons (Fsp3) is 0.250. The molecule has 0 bridgehead atoms. The lowest BCUT2D eigenvalue weighted by Gasteiger charge is -2.06. The smallest absolute Gasteiger partial charge is 0.123 e. The van der Waals surface area contributed by atoms with Gasteiger partial charge in [0.1, 0.15) is 5.82 Å². The number of rotatable bonds is 6. The molecule has 0 fully saturated rings. The molecular formula is C16H19FN2. The number of nitrogens with two attached hydrogens (primary N) is 1. The Bertz CT molecular complexity index is 491. The zero-order valence-corrected chi connectivity index (χ0v) is 10.9. The first kappa shape index (κ1) is 13.7. The Labute approximate surface area is 113 Å². The van der Waals surface area contributed by atoms with Gasteiger partial charge >= 0.3 is 0 Å². The van der Waals surface area contributed by atoms with E-state index in [0.29, 0.717) is 6.54 Å². The van der Waals surface area contributed by atoms with E-state index >= 15 is 0 Å². The van der Waals surface area contributed by atoms with Crippen LogP contribution >= 0.6 is 0 Å². The van der Waals surface area contributed by atoms with Crippen LogP contribution in [0, 0.1) is 5.82 Å². The van der Waals surface area contributed by atoms with E-state index in [-0.39, 0.29) is 5.82 Å². The van der Waals surface area contributed by atoms with Crippen molar-refractivity contribution in [2.24, 2.45) is 5.73 Å². The highest BCUT2D eigenvalue weighted by atomic mass is 19.1. The maximum absolute atomic E-state index is 12.7. The highest BCUT2D eigenvalue weighted by molar-refractivity contribution is 5.22. The Morgan fingerprint density at radius 3 is 2.05 bits per heavy atom. The number of nitrogens with one attached hydrogen (secondary N) is 1. The third-order valence-corrected chi connectivity index (χ3v) is 3.09. The van der Waals surface area contributed by atoms with Crippen molar-refractivity contribution < 1.29 is 4.39 Å². The van der Waals surface area contributed by atoms with Crippen molar-refractivity contribution in [3.8, 4) is 0 Å². The first-order valence-electron chi connectivity index (χ1n) is 6.51. The van der Waals surface area contributed by atoms with E-state index in [9.17, 15) is 4.39 Å². The van der Waals surface area contributed by atoms with E-state index in [1.807, 2.05) is 12.1 Å². The minimum atomic E-state index is -0.184. The predicted octanol–water partition coefficient (Wildman–Crippen LogP) is 2.62. The van der Waals surface area contributed by atoms with Crippen LogP contribution in [0.1, 0.15) is 16.7 Å². The van der Waals surface area contributed by atoms with Gasteiger partial charge in [-0.05, 0) is 41.8 Å². The first-order chi connectivity index (χ1) is 9.28. The molecule has 0 amide bonds. The van der Waals surface area contributed by atoms with E-state index in [4.69, 9.17) is 5.73 Å². The predicted molar refractivity (Wildman–Crippen MR) is 76.1 cm³/mol. The average molecular weight is 258 g/mol. The largest absolute Gasteiger partial charge is 0.326 e. The van der Waals surface area contributed by atoms with Crippen LogP contribution in [0.3, 0.4) is 0 Å². The lowest BCUT2D eigenvalue weighted by Crippen LogP contribution is -2.16. The van der Waals surface area contributed by atoms with Crippen LogP contribution in [-0.4, -0.2) is 6.54 Å². The summed E-state index contributed by atoms with van der Waals surface area (Å²) in [5.41, 5.74) is 9.09. The standard InChI is InChI=1S/C16H19FN2/c17-16-7-5-13(6-8-16)9-10-19-12-15-3-1-14(11-18)2-4-15/h1-8,19H,9-12,18H2. The third-order valence-electron chi connectivity index (χ3n) is 3.09. The second-order valence-electron chi connectivity index (χ2n) is 4.57. The quantitative estimate of drug-likeness (QED) is 0.782. The van der Waals surface area contributed by atoms with Gasteiger partial charge in [0.25, 0.3) is 0 Å². The van der Waals surface area contributed by atoms with E-state index < -0.39 is 0 Å². The van der Waals surface area contributed by atoms with Crippen LogP contribution in [-0.2, 0) is 19.5 Å². The fourth-order valence-corrected chi connectivity index (χ4v) is 1.91. The molecule has 0 heterocycles. The summed E-state index contributed by atoms with van der Waals surface area (Å²) in [4.78, 5) is 0. The Balaban J connectivity index is 1.72. The summed E-state index contributed by atoms with van der Waals surface area (Å²) in [6.45, 7) is 2.30. The lowest BCUT2D eigenvalue weighted by atomic mass is 10.1. The van der Waals surface area contributed by atoms with Crippen LogP contribution in [0.2, 0.25) is 0 Å². The molecule has 0 aliphatic carbocycles. The Kier molecular flexibility index (Phi) is 5.07. The molecule has 0 spiro atoms. The third kappa shape index (κ3) is 4.47. The molecule has 2 rings (SSSR count). The zero-order valence-electron chi connectivity index (χ0n) is 10.9. The minimum Gasteiger partial charge on any atom is -0.326 e. The number of hydrogen-bond donors (Lipinski definition) is 2. The van der Waals surface area contributed by atoms with Gasteiger partial charge in [0, 0.05) is 13.1 Å². The van der Waals surface area contributed by atoms with Gasteiger partial charge in [0.15, 0.2) is 0 Å². The van der Waals surface area contributed by atoms with Crippen molar-refractivity contribution in [3.05, 3.63) is 71.0 Å². The molecule has 3 heteroatoms. The summed E-state index contributed by atoms with van der Waals surface area (Å²) in [7, 11) is 0. The molecule has 0 unspecified atom stereocenters. The molecule has 0 saturated heterocycles. The molecule has 2 aromatic rings. The van der Waals surface area contributed by atoms with E-state index in [1.54, 1.807) is 0 Å². The molecule has 0 aliphatic heterocycles. The number of halogens is 1. The molecule has 3 N–H and O–H groups in total. The van der Waals surface area contributed by atoms with E-state index in [1.165, 1.54) is 17.7 Å². The minimum absolute atomic E-state index is 0.184. The average Bonchev–Trinajstić information content (AvgIpc) is 2.46. The molecule has 0 radical (unpaired) electrons. The summed E-state index contributed by atoms with van der Waals surface area (Å²) in [5, 5.41) is 3.38. The molecule has 2 aromatic carbocycles. The Morgan fingerprint density at radius 1 is 0.842 bits per heavy atom. The van der Waals surface area contributed by atoms with Crippen molar-refractivity contribution in [2.45, 2.75) is 19.5 Å². The number of benzene rings is 2. The van der Waals surface area contributed by atoms with E-state index in [2.05, 4.69) is 29.6 Å². The molecular weight excluding hydrogens is 239 g/mol. The van der Waals surface area contributed by atoms with Crippen molar-refractivity contribution in [2.75, 3.05) is 6.54 Å². The molecule has 100 valence electrons. The van der Waals surface area contributed by atoms with Gasteiger partial charge in [-0.1, -0.05) is 36.4 Å². The van der Waals surface area contributed by atoms with Crippen molar-refractivity contribution in [1.29, 1.82) is 0 Å². The molecule has 19 heavy (non-hydrogen) atoms. The van der Waals surface area contributed by atoms with Gasteiger partial charge in [0.2, 0.25) is 0 Å². The Morgan fingerprint density at radius 2 is 1.42 bits per heavy atom. The van der Waals surface area contributed by atoms with Gasteiger partial charge in [0.05, 0.1) is 0 Å². The second kappa shape index (κ2) is 7.02. The van der Waals surface area contributed by atoms with Crippen molar-refractivity contribution >= 4 is 0 Å². The van der Waals surface area contributed by atoms with Gasteiger partial charge in [-0.3, -0.25) is 0 Å². The van der Waals surface area contributed by atoms with Crippen LogP contribution in [0.25, 0.3) is 0 Å². The summed E-state index contributed by atoms with van der Waals surface area (Å²) >= 11 is 0. The molecule has 0 aliphatic rings. The monoisotopic (exact) mass is 258 g/mol. The molecule has 0 saturated carbocycles. The second-order valence-corrected chi connectivity index (χ2v) is 4.57. The van der Waals surface area contributed by atoms with Gasteiger partial charge in [-0.15, -0.1) is 0 Å². The van der Waals surface area contributed by atoms with Gasteiger partial charge in [-0.25, -0.2) is 4.39 Å². The Hall–Kier alpha value is -1.71. The van der Waals surface area contributed by atoms with Crippen LogP contribution in [0.5, 0.6) is 0 Å². The summed E-state index contributed by atoms with van der Waals surface area (Å²) < 4.78 is 12.7. The normalized spacial score (nSPS) is 10.6. The zero-order chi connectivity index (χ0) is 13.5. The maximum atomic E-state index is 12.7. The van der Waals surface area contributed by atoms with E-state index in [0.717, 1.165) is 30.6 Å². The molecule has 0 atom stereocenters. The van der Waals surface area contributed by atoms with Crippen LogP contribution in [0.15, 0.2) is 48.5 Å². The lowest BCUT2D eigenvalue weighted by molar-refractivity contribution is 0.626. The summed E-state index contributed by atoms with van der Waals surface area (Å²) in [6, 6.07) is 14.9. The van der Waals surface area contributed by atoms with Gasteiger partial charge in [-0.2, -0.15) is 0 Å². The fourth-order valence-electron chi connectivity index (χ4n) is 1.91. The molecule has 0 aromatic heterocycles. The number of hydrogen-bond acceptors (Lipinski definition) is 2. The highest BCUT2D eigenvalue weighted by Crippen LogP contribution is 2.05. The highest BCUT2D eigenvalue weighted by Gasteiger charge is 1.96. The topological polar surface area (TPSA) is 38.0 Å².